The van der Waals surface area contributed by atoms with Gasteiger partial charge in [0.2, 0.25) is 0 Å². The Morgan fingerprint density at radius 1 is 0.622 bits per heavy atom. The van der Waals surface area contributed by atoms with Crippen molar-refractivity contribution in [2.24, 2.45) is 0 Å². The van der Waals surface area contributed by atoms with Gasteiger partial charge < -0.3 is 19.3 Å². The minimum Gasteiger partial charge on any atom is -0.462 e. The lowest BCUT2D eigenvalue weighted by atomic mass is 10.0. The van der Waals surface area contributed by atoms with Gasteiger partial charge in [0.05, 0.1) is 18.8 Å². The van der Waals surface area contributed by atoms with Crippen LogP contribution in [0.15, 0.2) is 12.2 Å². The number of hydrogen-bond acceptors (Lipinski definition) is 6. The Bertz CT molecular complexity index is 708. The molecule has 6 nitrogen and oxygen atoms in total. The third kappa shape index (κ3) is 27.4. The predicted octanol–water partition coefficient (Wildman–Crippen LogP) is 10.7. The van der Waals surface area contributed by atoms with Crippen LogP contribution >= 0.6 is 0 Å². The van der Waals surface area contributed by atoms with Crippen molar-refractivity contribution in [2.45, 2.75) is 212 Å². The fourth-order valence-corrected chi connectivity index (χ4v) is 5.91. The lowest BCUT2D eigenvalue weighted by molar-refractivity contribution is -0.161. The van der Waals surface area contributed by atoms with E-state index in [9.17, 15) is 14.7 Å². The van der Waals surface area contributed by atoms with Gasteiger partial charge in [-0.2, -0.15) is 0 Å². The molecule has 1 aliphatic rings. The second-order valence-electron chi connectivity index (χ2n) is 13.4. The molecule has 0 bridgehead atoms. The van der Waals surface area contributed by atoms with Crippen molar-refractivity contribution < 1.29 is 28.9 Å². The molecule has 1 rings (SSSR count). The summed E-state index contributed by atoms with van der Waals surface area (Å²) >= 11 is 0. The Balaban J connectivity index is 1.87. The number of unbranched alkanes of at least 4 members (excludes halogenated alkanes) is 21. The summed E-state index contributed by atoms with van der Waals surface area (Å²) < 4.78 is 16.3. The molecule has 2 unspecified atom stereocenters. The minimum atomic E-state index is -0.774. The lowest BCUT2D eigenvalue weighted by Gasteiger charge is -2.15. The number of carbonyl (C=O) groups is 2. The van der Waals surface area contributed by atoms with Crippen molar-refractivity contribution in [1.82, 2.24) is 0 Å². The number of epoxide rings is 1. The number of carbonyl (C=O) groups excluding carboxylic acids is 2. The maximum absolute atomic E-state index is 12.2. The molecule has 0 amide bonds. The van der Waals surface area contributed by atoms with E-state index in [4.69, 9.17) is 14.2 Å². The molecule has 6 heteroatoms. The number of ether oxygens (including phenoxy) is 3. The molecule has 0 spiro atoms. The molecule has 0 aromatic carbocycles. The molecule has 0 saturated carbocycles. The van der Waals surface area contributed by atoms with E-state index in [0.717, 1.165) is 51.4 Å². The Hall–Kier alpha value is -1.40. The first-order valence-electron chi connectivity index (χ1n) is 19.4. The van der Waals surface area contributed by atoms with E-state index in [1.807, 2.05) is 0 Å². The van der Waals surface area contributed by atoms with E-state index in [1.54, 1.807) is 0 Å². The van der Waals surface area contributed by atoms with E-state index in [-0.39, 0.29) is 25.2 Å². The standard InChI is InChI=1S/C39H72O6/c1-3-5-7-8-9-10-11-12-13-14-15-16-21-24-28-32-39(42)44-35(33-40)34-43-38(41)31-27-23-20-18-17-19-22-26-30-37-36(45-37)29-25-6-4-2/h22,26,35-37,40H,3-21,23-25,27-34H2,1-2H3/b26-22-/t35-,36?,37?/m0/s1. The van der Waals surface area contributed by atoms with Crippen molar-refractivity contribution in [2.75, 3.05) is 13.2 Å². The van der Waals surface area contributed by atoms with E-state index >= 15 is 0 Å². The summed E-state index contributed by atoms with van der Waals surface area (Å²) in [7, 11) is 0. The van der Waals surface area contributed by atoms with E-state index in [2.05, 4.69) is 26.0 Å². The van der Waals surface area contributed by atoms with E-state index in [0.29, 0.717) is 25.0 Å². The molecule has 0 aromatic heterocycles. The van der Waals surface area contributed by atoms with Gasteiger partial charge in [0, 0.05) is 12.8 Å². The maximum atomic E-state index is 12.2. The molecular weight excluding hydrogens is 564 g/mol. The molecule has 1 heterocycles. The SMILES string of the molecule is CCCCCCCCCCCCCCCCCC(=O)O[C@@H](CO)COC(=O)CCCCCCC/C=C\CC1OC1CCCCC. The Kier molecular flexibility index (Phi) is 28.9. The normalized spacial score (nSPS) is 16.7. The van der Waals surface area contributed by atoms with Crippen molar-refractivity contribution in [1.29, 1.82) is 0 Å². The molecule has 264 valence electrons. The number of rotatable bonds is 34. The summed E-state index contributed by atoms with van der Waals surface area (Å²) in [5.74, 6) is -0.604. The third-order valence-corrected chi connectivity index (χ3v) is 8.98. The highest BCUT2D eigenvalue weighted by Gasteiger charge is 2.36. The fourth-order valence-electron chi connectivity index (χ4n) is 5.91. The van der Waals surface area contributed by atoms with Crippen LogP contribution in [0.1, 0.15) is 194 Å². The highest BCUT2D eigenvalue weighted by atomic mass is 16.6. The first kappa shape index (κ1) is 41.6. The van der Waals surface area contributed by atoms with Gasteiger partial charge in [-0.05, 0) is 38.5 Å². The predicted molar refractivity (Wildman–Crippen MR) is 186 cm³/mol. The highest BCUT2D eigenvalue weighted by molar-refractivity contribution is 5.70. The Morgan fingerprint density at radius 2 is 1.11 bits per heavy atom. The van der Waals surface area contributed by atoms with Crippen molar-refractivity contribution in [3.63, 3.8) is 0 Å². The van der Waals surface area contributed by atoms with Crippen LogP contribution in [0.25, 0.3) is 0 Å². The second kappa shape index (κ2) is 31.2. The first-order valence-corrected chi connectivity index (χ1v) is 19.4. The summed E-state index contributed by atoms with van der Waals surface area (Å²) in [5.41, 5.74) is 0. The van der Waals surface area contributed by atoms with Gasteiger partial charge in [0.25, 0.3) is 0 Å². The monoisotopic (exact) mass is 637 g/mol. The van der Waals surface area contributed by atoms with Gasteiger partial charge in [0.15, 0.2) is 6.10 Å². The topological polar surface area (TPSA) is 85.4 Å². The lowest BCUT2D eigenvalue weighted by Crippen LogP contribution is -2.28. The minimum absolute atomic E-state index is 0.0718. The first-order chi connectivity index (χ1) is 22.1. The quantitative estimate of drug-likeness (QED) is 0.0327. The van der Waals surface area contributed by atoms with Crippen LogP contribution in [0.3, 0.4) is 0 Å². The van der Waals surface area contributed by atoms with E-state index in [1.165, 1.54) is 116 Å². The van der Waals surface area contributed by atoms with E-state index < -0.39 is 6.10 Å². The van der Waals surface area contributed by atoms with Crippen LogP contribution in [0.2, 0.25) is 0 Å². The van der Waals surface area contributed by atoms with Crippen molar-refractivity contribution in [3.8, 4) is 0 Å². The highest BCUT2D eigenvalue weighted by Crippen LogP contribution is 2.30. The molecule has 3 atom stereocenters. The van der Waals surface area contributed by atoms with Crippen LogP contribution in [0.5, 0.6) is 0 Å². The zero-order valence-corrected chi connectivity index (χ0v) is 29.6. The largest absolute Gasteiger partial charge is 0.462 e. The fraction of sp³-hybridized carbons (Fsp3) is 0.897. The van der Waals surface area contributed by atoms with Crippen molar-refractivity contribution >= 4 is 11.9 Å². The molecule has 1 saturated heterocycles. The van der Waals surface area contributed by atoms with Crippen molar-refractivity contribution in [3.05, 3.63) is 12.2 Å². The molecule has 0 aromatic rings. The van der Waals surface area contributed by atoms with Gasteiger partial charge in [-0.15, -0.1) is 0 Å². The Labute approximate surface area is 277 Å². The third-order valence-electron chi connectivity index (χ3n) is 8.98. The number of hydrogen-bond donors (Lipinski definition) is 1. The van der Waals surface area contributed by atoms with Crippen LogP contribution < -0.4 is 0 Å². The molecule has 0 aliphatic carbocycles. The smallest absolute Gasteiger partial charge is 0.306 e. The molecular formula is C39H72O6. The summed E-state index contributed by atoms with van der Waals surface area (Å²) in [6.07, 6.45) is 37.2. The van der Waals surface area contributed by atoms with Gasteiger partial charge in [-0.1, -0.05) is 154 Å². The van der Waals surface area contributed by atoms with Gasteiger partial charge in [-0.3, -0.25) is 9.59 Å². The zero-order valence-electron chi connectivity index (χ0n) is 29.6. The molecule has 1 aliphatic heterocycles. The summed E-state index contributed by atoms with van der Waals surface area (Å²) in [5, 5.41) is 9.54. The summed E-state index contributed by atoms with van der Waals surface area (Å²) in [6, 6.07) is 0. The van der Waals surface area contributed by atoms with Crippen LogP contribution in [-0.4, -0.2) is 48.6 Å². The zero-order chi connectivity index (χ0) is 32.6. The second-order valence-corrected chi connectivity index (χ2v) is 13.4. The van der Waals surface area contributed by atoms with Crippen LogP contribution in [0, 0.1) is 0 Å². The van der Waals surface area contributed by atoms with Gasteiger partial charge in [0.1, 0.15) is 6.61 Å². The number of aliphatic hydroxyl groups excluding tert-OH is 1. The maximum Gasteiger partial charge on any atom is 0.306 e. The van der Waals surface area contributed by atoms with Gasteiger partial charge >= 0.3 is 11.9 Å². The summed E-state index contributed by atoms with van der Waals surface area (Å²) in [6.45, 7) is 4.10. The number of aliphatic hydroxyl groups is 1. The number of allylic oxidation sites excluding steroid dienone is 1. The average molecular weight is 637 g/mol. The summed E-state index contributed by atoms with van der Waals surface area (Å²) in [4.78, 5) is 24.2. The molecule has 1 fully saturated rings. The molecule has 1 N–H and O–H groups in total. The van der Waals surface area contributed by atoms with Gasteiger partial charge in [-0.25, -0.2) is 0 Å². The molecule has 0 radical (unpaired) electrons. The average Bonchev–Trinajstić information content (AvgIpc) is 3.79. The van der Waals surface area contributed by atoms with Crippen LogP contribution in [-0.2, 0) is 23.8 Å². The van der Waals surface area contributed by atoms with Crippen LogP contribution in [0.4, 0.5) is 0 Å². The Morgan fingerprint density at radius 3 is 1.67 bits per heavy atom. The number of esters is 2. The molecule has 45 heavy (non-hydrogen) atoms.